The monoisotopic (exact) mass is 308 g/mol. The fraction of sp³-hybridized carbons (Fsp3) is 0.200. The first kappa shape index (κ1) is 13.6. The van der Waals surface area contributed by atoms with Crippen molar-refractivity contribution in [3.05, 3.63) is 27.7 Å². The van der Waals surface area contributed by atoms with E-state index in [2.05, 4.69) is 25.4 Å². The molecule has 0 aliphatic rings. The van der Waals surface area contributed by atoms with E-state index in [1.807, 2.05) is 0 Å². The molecule has 0 heterocycles. The third-order valence-electron chi connectivity index (χ3n) is 1.85. The van der Waals surface area contributed by atoms with E-state index in [1.165, 1.54) is 6.07 Å². The molecule has 0 saturated carbocycles. The number of hydrogen-bond acceptors (Lipinski definition) is 4. The predicted octanol–water partition coefficient (Wildman–Crippen LogP) is 2.65. The summed E-state index contributed by atoms with van der Waals surface area (Å²) >= 11 is 3.02. The van der Waals surface area contributed by atoms with E-state index in [4.69, 9.17) is 0 Å². The maximum Gasteiger partial charge on any atom is 0.387 e. The fourth-order valence-corrected chi connectivity index (χ4v) is 1.56. The molecule has 0 saturated heterocycles. The second kappa shape index (κ2) is 5.72. The highest BCUT2D eigenvalue weighted by molar-refractivity contribution is 9.10. The number of halogens is 3. The van der Waals surface area contributed by atoms with Crippen molar-refractivity contribution in [3.63, 3.8) is 0 Å². The molecule has 1 aromatic rings. The molecule has 0 radical (unpaired) electrons. The van der Waals surface area contributed by atoms with E-state index in [0.29, 0.717) is 6.29 Å². The van der Waals surface area contributed by atoms with Gasteiger partial charge in [-0.25, -0.2) is 4.79 Å². The van der Waals surface area contributed by atoms with Crippen molar-refractivity contribution in [2.75, 3.05) is 7.11 Å². The average molecular weight is 309 g/mol. The van der Waals surface area contributed by atoms with Crippen LogP contribution in [-0.4, -0.2) is 26.0 Å². The smallest absolute Gasteiger partial charge is 0.387 e. The lowest BCUT2D eigenvalue weighted by Gasteiger charge is -2.10. The molecule has 4 nitrogen and oxygen atoms in total. The fourth-order valence-electron chi connectivity index (χ4n) is 1.12. The van der Waals surface area contributed by atoms with Crippen molar-refractivity contribution in [2.45, 2.75) is 6.61 Å². The molecule has 17 heavy (non-hydrogen) atoms. The molecule has 1 rings (SSSR count). The van der Waals surface area contributed by atoms with Gasteiger partial charge in [0.15, 0.2) is 6.29 Å². The minimum Gasteiger partial charge on any atom is -0.465 e. The minimum atomic E-state index is -3.10. The van der Waals surface area contributed by atoms with E-state index in [0.717, 1.165) is 13.2 Å². The number of benzene rings is 1. The molecule has 0 unspecified atom stereocenters. The highest BCUT2D eigenvalue weighted by Gasteiger charge is 2.19. The van der Waals surface area contributed by atoms with Crippen molar-refractivity contribution in [1.82, 2.24) is 0 Å². The lowest BCUT2D eigenvalue weighted by atomic mass is 10.1. The number of ether oxygens (including phenoxy) is 2. The molecule has 0 bridgehead atoms. The quantitative estimate of drug-likeness (QED) is 0.634. The summed E-state index contributed by atoms with van der Waals surface area (Å²) in [6.07, 6.45) is 0.448. The molecular weight excluding hydrogens is 302 g/mol. The number of alkyl halides is 2. The van der Waals surface area contributed by atoms with Crippen LogP contribution in [0, 0.1) is 0 Å². The van der Waals surface area contributed by atoms with Gasteiger partial charge in [-0.2, -0.15) is 8.78 Å². The van der Waals surface area contributed by atoms with Crippen LogP contribution >= 0.6 is 15.9 Å². The number of aldehydes is 1. The van der Waals surface area contributed by atoms with Gasteiger partial charge >= 0.3 is 12.6 Å². The van der Waals surface area contributed by atoms with E-state index >= 15 is 0 Å². The summed E-state index contributed by atoms with van der Waals surface area (Å²) in [6.45, 7) is -3.10. The molecule has 0 aromatic heterocycles. The first-order chi connectivity index (χ1) is 7.99. The van der Waals surface area contributed by atoms with Crippen LogP contribution in [0.15, 0.2) is 16.6 Å². The van der Waals surface area contributed by atoms with Crippen LogP contribution in [0.5, 0.6) is 5.75 Å². The number of hydrogen-bond donors (Lipinski definition) is 0. The number of carbonyl (C=O) groups excluding carboxylic acids is 2. The lowest BCUT2D eigenvalue weighted by Crippen LogP contribution is -2.10. The molecule has 0 amide bonds. The molecule has 0 aliphatic heterocycles. The van der Waals surface area contributed by atoms with Gasteiger partial charge in [-0.3, -0.25) is 4.79 Å². The van der Waals surface area contributed by atoms with Gasteiger partial charge in [0.05, 0.1) is 7.11 Å². The molecule has 1 aromatic carbocycles. The molecule has 92 valence electrons. The van der Waals surface area contributed by atoms with Crippen LogP contribution in [0.4, 0.5) is 8.78 Å². The first-order valence-electron chi connectivity index (χ1n) is 4.31. The summed E-state index contributed by atoms with van der Waals surface area (Å²) in [4.78, 5) is 21.9. The van der Waals surface area contributed by atoms with Gasteiger partial charge in [0, 0.05) is 10.0 Å². The van der Waals surface area contributed by atoms with Crippen LogP contribution in [0.1, 0.15) is 20.7 Å². The van der Waals surface area contributed by atoms with Gasteiger partial charge in [0.25, 0.3) is 0 Å². The Morgan fingerprint density at radius 2 is 2.12 bits per heavy atom. The Morgan fingerprint density at radius 1 is 1.47 bits per heavy atom. The van der Waals surface area contributed by atoms with Gasteiger partial charge in [-0.05, 0) is 12.1 Å². The highest BCUT2D eigenvalue weighted by atomic mass is 79.9. The van der Waals surface area contributed by atoms with Gasteiger partial charge in [-0.15, -0.1) is 0 Å². The Bertz CT molecular complexity index is 448. The standard InChI is InChI=1S/C10H7BrF2O4/c1-16-9(15)6-3-7(11)5(4-14)2-8(6)17-10(12)13/h2-4,10H,1H3. The molecule has 0 fully saturated rings. The van der Waals surface area contributed by atoms with Crippen LogP contribution < -0.4 is 4.74 Å². The third-order valence-corrected chi connectivity index (χ3v) is 2.53. The summed E-state index contributed by atoms with van der Waals surface area (Å²) < 4.78 is 33.1. The van der Waals surface area contributed by atoms with Crippen LogP contribution in [-0.2, 0) is 4.74 Å². The Hall–Kier alpha value is -1.50. The molecule has 7 heteroatoms. The zero-order valence-electron chi connectivity index (χ0n) is 8.58. The summed E-state index contributed by atoms with van der Waals surface area (Å²) in [6, 6.07) is 2.22. The number of rotatable bonds is 4. The SMILES string of the molecule is COC(=O)c1cc(Br)c(C=O)cc1OC(F)F. The second-order valence-corrected chi connectivity index (χ2v) is 3.71. The number of esters is 1. The average Bonchev–Trinajstić information content (AvgIpc) is 2.29. The maximum atomic E-state index is 12.1. The molecule has 0 atom stereocenters. The van der Waals surface area contributed by atoms with Crippen LogP contribution in [0.25, 0.3) is 0 Å². The molecular formula is C10H7BrF2O4. The normalized spacial score (nSPS) is 10.2. The van der Waals surface area contributed by atoms with Crippen molar-refractivity contribution in [1.29, 1.82) is 0 Å². The first-order valence-corrected chi connectivity index (χ1v) is 5.10. The summed E-state index contributed by atoms with van der Waals surface area (Å²) in [5.41, 5.74) is -0.0985. The summed E-state index contributed by atoms with van der Waals surface area (Å²) in [5.74, 6) is -1.24. The van der Waals surface area contributed by atoms with Gasteiger partial charge < -0.3 is 9.47 Å². The second-order valence-electron chi connectivity index (χ2n) is 2.86. The van der Waals surface area contributed by atoms with Crippen molar-refractivity contribution >= 4 is 28.2 Å². The van der Waals surface area contributed by atoms with Gasteiger partial charge in [-0.1, -0.05) is 15.9 Å². The third kappa shape index (κ3) is 3.23. The zero-order chi connectivity index (χ0) is 13.0. The molecule has 0 spiro atoms. The molecule has 0 aliphatic carbocycles. The Kier molecular flexibility index (Phi) is 4.56. The zero-order valence-corrected chi connectivity index (χ0v) is 10.2. The van der Waals surface area contributed by atoms with Crippen molar-refractivity contribution < 1.29 is 27.8 Å². The predicted molar refractivity (Wildman–Crippen MR) is 57.5 cm³/mol. The van der Waals surface area contributed by atoms with Gasteiger partial charge in [0.1, 0.15) is 11.3 Å². The van der Waals surface area contributed by atoms with E-state index < -0.39 is 18.3 Å². The topological polar surface area (TPSA) is 52.6 Å². The lowest BCUT2D eigenvalue weighted by molar-refractivity contribution is -0.0504. The number of carbonyl (C=O) groups is 2. The largest absolute Gasteiger partial charge is 0.465 e. The van der Waals surface area contributed by atoms with Gasteiger partial charge in [0.2, 0.25) is 0 Å². The maximum absolute atomic E-state index is 12.1. The van der Waals surface area contributed by atoms with E-state index in [-0.39, 0.29) is 15.6 Å². The summed E-state index contributed by atoms with van der Waals surface area (Å²) in [5, 5.41) is 0. The Labute approximate surface area is 104 Å². The Morgan fingerprint density at radius 3 is 2.59 bits per heavy atom. The highest BCUT2D eigenvalue weighted by Crippen LogP contribution is 2.28. The molecule has 0 N–H and O–H groups in total. The van der Waals surface area contributed by atoms with Crippen LogP contribution in [0.3, 0.4) is 0 Å². The Balaban J connectivity index is 3.30. The number of methoxy groups -OCH3 is 1. The summed E-state index contributed by atoms with van der Waals surface area (Å²) in [7, 11) is 1.11. The minimum absolute atomic E-state index is 0.0910. The van der Waals surface area contributed by atoms with E-state index in [9.17, 15) is 18.4 Å². The van der Waals surface area contributed by atoms with Crippen molar-refractivity contribution in [3.8, 4) is 5.75 Å². The van der Waals surface area contributed by atoms with Crippen LogP contribution in [0.2, 0.25) is 0 Å². The van der Waals surface area contributed by atoms with Crippen molar-refractivity contribution in [2.24, 2.45) is 0 Å². The van der Waals surface area contributed by atoms with E-state index in [1.54, 1.807) is 0 Å².